The quantitative estimate of drug-likeness (QED) is 0.209. The van der Waals surface area contributed by atoms with Gasteiger partial charge in [-0.25, -0.2) is 0 Å². The second-order valence-corrected chi connectivity index (χ2v) is 9.31. The summed E-state index contributed by atoms with van der Waals surface area (Å²) in [6, 6.07) is 2.58. The molecule has 0 spiro atoms. The first kappa shape index (κ1) is 23.1. The average molecular weight is 477 g/mol. The van der Waals surface area contributed by atoms with Gasteiger partial charge in [0.25, 0.3) is 5.91 Å². The molecular formula is C22H21ClN2O8. The number of primary amides is 1. The van der Waals surface area contributed by atoms with Crippen molar-refractivity contribution in [3.63, 3.8) is 0 Å². The number of hydrogen-bond acceptors (Lipinski definition) is 9. The molecule has 174 valence electrons. The number of aromatic hydroxyl groups is 1. The molecular weight excluding hydrogens is 456 g/mol. The molecule has 0 saturated heterocycles. The highest BCUT2D eigenvalue weighted by Gasteiger charge is 2.75. The van der Waals surface area contributed by atoms with Crippen molar-refractivity contribution < 1.29 is 39.6 Å². The zero-order valence-electron chi connectivity index (χ0n) is 17.6. The van der Waals surface area contributed by atoms with E-state index in [1.165, 1.54) is 37.2 Å². The number of phenols is 1. The van der Waals surface area contributed by atoms with Crippen molar-refractivity contribution in [2.45, 2.75) is 22.6 Å². The van der Waals surface area contributed by atoms with Gasteiger partial charge in [-0.3, -0.25) is 24.1 Å². The average Bonchev–Trinajstić information content (AvgIpc) is 2.72. The van der Waals surface area contributed by atoms with Crippen molar-refractivity contribution in [3.8, 4) is 5.75 Å². The number of fused-ring (bicyclic) bond motifs is 3. The van der Waals surface area contributed by atoms with Gasteiger partial charge in [0.1, 0.15) is 17.1 Å². The fourth-order valence-corrected chi connectivity index (χ4v) is 5.94. The fourth-order valence-electron chi connectivity index (χ4n) is 5.44. The molecule has 4 rings (SSSR count). The van der Waals surface area contributed by atoms with Crippen LogP contribution in [0.2, 0.25) is 0 Å². The Morgan fingerprint density at radius 2 is 1.82 bits per heavy atom. The lowest BCUT2D eigenvalue weighted by atomic mass is 9.52. The largest absolute Gasteiger partial charge is 0.508 e. The number of likely N-dealkylation sites (N-methyl/N-ethyl adjacent to an activating group) is 1. The van der Waals surface area contributed by atoms with E-state index in [9.17, 15) is 39.6 Å². The first-order chi connectivity index (χ1) is 15.2. The molecule has 33 heavy (non-hydrogen) atoms. The van der Waals surface area contributed by atoms with Crippen LogP contribution in [0.3, 0.4) is 0 Å². The van der Waals surface area contributed by atoms with Gasteiger partial charge in [0, 0.05) is 5.92 Å². The zero-order chi connectivity index (χ0) is 24.8. The minimum Gasteiger partial charge on any atom is -0.508 e. The zero-order valence-corrected chi connectivity index (χ0v) is 18.3. The van der Waals surface area contributed by atoms with Crippen molar-refractivity contribution in [1.82, 2.24) is 4.90 Å². The van der Waals surface area contributed by atoms with E-state index in [1.807, 2.05) is 0 Å². The third-order valence-electron chi connectivity index (χ3n) is 6.87. The molecule has 1 amide bonds. The summed E-state index contributed by atoms with van der Waals surface area (Å²) in [5.41, 5.74) is 0.919. The molecule has 1 saturated carbocycles. The monoisotopic (exact) mass is 476 g/mol. The topological polar surface area (TPSA) is 178 Å². The first-order valence-electron chi connectivity index (χ1n) is 9.88. The lowest BCUT2D eigenvalue weighted by molar-refractivity contribution is -0.176. The minimum absolute atomic E-state index is 0.0209. The Morgan fingerprint density at radius 3 is 2.36 bits per heavy atom. The van der Waals surface area contributed by atoms with E-state index >= 15 is 0 Å². The van der Waals surface area contributed by atoms with Crippen LogP contribution in [0.4, 0.5) is 0 Å². The van der Waals surface area contributed by atoms with Crippen LogP contribution in [-0.2, 0) is 14.4 Å². The summed E-state index contributed by atoms with van der Waals surface area (Å²) in [7, 11) is 2.80. The molecule has 0 unspecified atom stereocenters. The Bertz CT molecular complexity index is 1210. The number of ketones is 3. The minimum atomic E-state index is -3.11. The standard InChI is InChI=1S/C22H21ClN2O8/c1-7-8-5-4-6-9(26)10(8)17(29)21(23)12(7)16(28)13-14(25(2)3)15(27)11(19(24)31)18(30)22(13,33)20(21)32/h4-6,12-14,16,26,28,30,33H,1H2,2-3H3,(H2,24,31)/t12-,13+,14-,16-,21-,22+/m1/s1. The van der Waals surface area contributed by atoms with E-state index in [1.54, 1.807) is 0 Å². The van der Waals surface area contributed by atoms with E-state index in [2.05, 4.69) is 6.58 Å². The van der Waals surface area contributed by atoms with E-state index in [-0.39, 0.29) is 16.7 Å². The number of carbonyl (C=O) groups is 4. The fraction of sp³-hybridized carbons (Fsp3) is 0.364. The molecule has 0 radical (unpaired) electrons. The molecule has 3 aliphatic rings. The number of nitrogens with two attached hydrogens (primary N) is 1. The van der Waals surface area contributed by atoms with Crippen molar-refractivity contribution in [1.29, 1.82) is 0 Å². The molecule has 1 aromatic carbocycles. The number of amides is 1. The predicted octanol–water partition coefficient (Wildman–Crippen LogP) is -0.703. The number of aliphatic hydroxyl groups is 3. The van der Waals surface area contributed by atoms with Gasteiger partial charge in [-0.15, -0.1) is 11.6 Å². The number of aliphatic hydroxyl groups excluding tert-OH is 2. The van der Waals surface area contributed by atoms with E-state index < -0.39 is 74.8 Å². The Balaban J connectivity index is 2.08. The summed E-state index contributed by atoms with van der Waals surface area (Å²) in [5, 5.41) is 44.0. The van der Waals surface area contributed by atoms with Gasteiger partial charge >= 0.3 is 0 Å². The van der Waals surface area contributed by atoms with Crippen LogP contribution in [0.15, 0.2) is 36.1 Å². The summed E-state index contributed by atoms with van der Waals surface area (Å²) >= 11 is 6.59. The molecule has 1 aromatic rings. The molecule has 0 aromatic heterocycles. The van der Waals surface area contributed by atoms with Crippen molar-refractivity contribution in [2.75, 3.05) is 14.1 Å². The molecule has 3 aliphatic carbocycles. The summed E-state index contributed by atoms with van der Waals surface area (Å²) in [5.74, 6) is -10.1. The van der Waals surface area contributed by atoms with Gasteiger partial charge in [-0.2, -0.15) is 0 Å². The smallest absolute Gasteiger partial charge is 0.255 e. The van der Waals surface area contributed by atoms with E-state index in [0.717, 1.165) is 0 Å². The molecule has 0 aliphatic heterocycles. The number of nitrogens with zero attached hydrogens (tertiary/aromatic N) is 1. The number of Topliss-reactive ketones (excluding diaryl/α,β-unsaturated/α-hetero) is 3. The Hall–Kier alpha value is -3.05. The van der Waals surface area contributed by atoms with Crippen LogP contribution in [0.25, 0.3) is 5.57 Å². The molecule has 0 heterocycles. The number of hydrogen-bond donors (Lipinski definition) is 5. The van der Waals surface area contributed by atoms with Crippen LogP contribution in [0.1, 0.15) is 15.9 Å². The second kappa shape index (κ2) is 6.97. The van der Waals surface area contributed by atoms with Crippen molar-refractivity contribution in [2.24, 2.45) is 17.6 Å². The lowest BCUT2D eigenvalue weighted by Gasteiger charge is -2.56. The van der Waals surface area contributed by atoms with Crippen molar-refractivity contribution >= 4 is 40.4 Å². The number of halogens is 1. The first-order valence-corrected chi connectivity index (χ1v) is 10.3. The van der Waals surface area contributed by atoms with Gasteiger partial charge in [0.05, 0.1) is 23.6 Å². The predicted molar refractivity (Wildman–Crippen MR) is 114 cm³/mol. The summed E-state index contributed by atoms with van der Waals surface area (Å²) in [4.78, 5) is 50.8. The Kier molecular flexibility index (Phi) is 4.89. The summed E-state index contributed by atoms with van der Waals surface area (Å²) in [6.07, 6.45) is -1.86. The number of phenolic OH excluding ortho intramolecular Hbond substituents is 1. The molecule has 1 fully saturated rings. The maximum atomic E-state index is 13.8. The SMILES string of the molecule is C=C1c2cccc(O)c2C(=O)[C@@]2(Cl)C(=O)[C@@]3(O)C(O)=C(C(N)=O)C(=O)[C@H](N(C)C)[C@H]3[C@H](O)[C@@H]12. The molecule has 6 atom stereocenters. The van der Waals surface area contributed by atoms with Gasteiger partial charge < -0.3 is 26.2 Å². The van der Waals surface area contributed by atoms with Crippen LogP contribution < -0.4 is 5.73 Å². The van der Waals surface area contributed by atoms with E-state index in [4.69, 9.17) is 17.3 Å². The number of carbonyl (C=O) groups excluding carboxylic acids is 4. The number of rotatable bonds is 2. The van der Waals surface area contributed by atoms with Gasteiger partial charge in [0.2, 0.25) is 5.78 Å². The van der Waals surface area contributed by atoms with Gasteiger partial charge in [-0.1, -0.05) is 18.7 Å². The highest BCUT2D eigenvalue weighted by atomic mass is 35.5. The summed E-state index contributed by atoms with van der Waals surface area (Å²) < 4.78 is 0. The number of alkyl halides is 1. The van der Waals surface area contributed by atoms with Crippen LogP contribution in [0.5, 0.6) is 5.75 Å². The molecule has 10 nitrogen and oxygen atoms in total. The van der Waals surface area contributed by atoms with Crippen molar-refractivity contribution in [3.05, 3.63) is 47.2 Å². The number of benzene rings is 1. The molecule has 11 heteroatoms. The second-order valence-electron chi connectivity index (χ2n) is 8.72. The normalized spacial score (nSPS) is 35.9. The molecule has 0 bridgehead atoms. The lowest BCUT2D eigenvalue weighted by Crippen LogP contribution is -2.77. The summed E-state index contributed by atoms with van der Waals surface area (Å²) in [6.45, 7) is 3.87. The van der Waals surface area contributed by atoms with Gasteiger partial charge in [0.15, 0.2) is 22.0 Å². The maximum Gasteiger partial charge on any atom is 0.255 e. The third-order valence-corrected chi connectivity index (χ3v) is 7.45. The van der Waals surface area contributed by atoms with Crippen LogP contribution in [0, 0.1) is 11.8 Å². The van der Waals surface area contributed by atoms with Crippen LogP contribution in [-0.4, -0.2) is 85.3 Å². The molecule has 6 N–H and O–H groups in total. The van der Waals surface area contributed by atoms with Gasteiger partial charge in [-0.05, 0) is 31.3 Å². The maximum absolute atomic E-state index is 13.8. The van der Waals surface area contributed by atoms with E-state index in [0.29, 0.717) is 0 Å². The Labute approximate surface area is 192 Å². The van der Waals surface area contributed by atoms with Crippen LogP contribution >= 0.6 is 11.6 Å². The highest BCUT2D eigenvalue weighted by molar-refractivity contribution is 6.53. The highest BCUT2D eigenvalue weighted by Crippen LogP contribution is 2.58. The Morgan fingerprint density at radius 1 is 1.21 bits per heavy atom. The third kappa shape index (κ3) is 2.54.